The van der Waals surface area contributed by atoms with Gasteiger partial charge in [-0.2, -0.15) is 0 Å². The van der Waals surface area contributed by atoms with Crippen LogP contribution in [0.5, 0.6) is 11.5 Å². The first kappa shape index (κ1) is 22.1. The Morgan fingerprint density at radius 1 is 0.923 bits per heavy atom. The van der Waals surface area contributed by atoms with Gasteiger partial charge in [-0.05, 0) is 37.1 Å². The maximum absolute atomic E-state index is 11.4. The second-order valence-electron chi connectivity index (χ2n) is 6.37. The van der Waals surface area contributed by atoms with Crippen molar-refractivity contribution in [3.63, 3.8) is 0 Å². The summed E-state index contributed by atoms with van der Waals surface area (Å²) in [5.41, 5.74) is 0.831. The molecule has 0 aliphatic rings. The van der Waals surface area contributed by atoms with Gasteiger partial charge in [-0.1, -0.05) is 52.4 Å². The van der Waals surface area contributed by atoms with Crippen LogP contribution in [0.1, 0.15) is 70.8 Å². The summed E-state index contributed by atoms with van der Waals surface area (Å²) in [6.45, 7) is 5.77. The molecule has 0 aliphatic heterocycles. The van der Waals surface area contributed by atoms with Crippen LogP contribution in [0.25, 0.3) is 6.08 Å². The van der Waals surface area contributed by atoms with Gasteiger partial charge in [-0.3, -0.25) is 0 Å². The van der Waals surface area contributed by atoms with Crippen LogP contribution in [0, 0.1) is 0 Å². The molecule has 0 aliphatic carbocycles. The number of ether oxygens (including phenoxy) is 3. The van der Waals surface area contributed by atoms with Gasteiger partial charge in [0.15, 0.2) is 0 Å². The minimum absolute atomic E-state index is 0.384. The molecule has 0 saturated carbocycles. The van der Waals surface area contributed by atoms with E-state index in [0.29, 0.717) is 13.2 Å². The van der Waals surface area contributed by atoms with Crippen LogP contribution in [0.4, 0.5) is 0 Å². The van der Waals surface area contributed by atoms with Gasteiger partial charge in [0.25, 0.3) is 0 Å². The standard InChI is InChI=1S/C22H34O4/c1-4-6-8-10-16-25-20-13-14-21(26-17-11-9-7-5-2)19(18-20)12-15-22(23)24-3/h12-15,18H,4-11,16-17H2,1-3H3. The van der Waals surface area contributed by atoms with Gasteiger partial charge in [0.2, 0.25) is 0 Å². The molecule has 0 radical (unpaired) electrons. The van der Waals surface area contributed by atoms with Crippen molar-refractivity contribution in [1.29, 1.82) is 0 Å². The zero-order valence-corrected chi connectivity index (χ0v) is 16.6. The van der Waals surface area contributed by atoms with Crippen molar-refractivity contribution in [3.8, 4) is 11.5 Å². The Morgan fingerprint density at radius 2 is 1.58 bits per heavy atom. The van der Waals surface area contributed by atoms with Gasteiger partial charge in [0, 0.05) is 11.6 Å². The molecule has 0 aromatic heterocycles. The Balaban J connectivity index is 2.68. The van der Waals surface area contributed by atoms with Gasteiger partial charge < -0.3 is 14.2 Å². The lowest BCUT2D eigenvalue weighted by atomic mass is 10.1. The van der Waals surface area contributed by atoms with Crippen LogP contribution >= 0.6 is 0 Å². The molecule has 0 atom stereocenters. The lowest BCUT2D eigenvalue weighted by Gasteiger charge is -2.12. The number of esters is 1. The number of rotatable bonds is 14. The monoisotopic (exact) mass is 362 g/mol. The molecule has 4 heteroatoms. The van der Waals surface area contributed by atoms with Crippen molar-refractivity contribution >= 4 is 12.0 Å². The Bertz CT molecular complexity index is 537. The SMILES string of the molecule is CCCCCCOc1ccc(OCCCCCC)c(C=CC(=O)OC)c1. The van der Waals surface area contributed by atoms with Crippen LogP contribution in [0.2, 0.25) is 0 Å². The Morgan fingerprint density at radius 3 is 2.19 bits per heavy atom. The van der Waals surface area contributed by atoms with Crippen molar-refractivity contribution in [1.82, 2.24) is 0 Å². The predicted octanol–water partition coefficient (Wildman–Crippen LogP) is 5.79. The summed E-state index contributed by atoms with van der Waals surface area (Å²) in [5.74, 6) is 1.18. The van der Waals surface area contributed by atoms with Gasteiger partial charge in [-0.15, -0.1) is 0 Å². The molecular formula is C22H34O4. The third-order valence-electron chi connectivity index (χ3n) is 4.10. The summed E-state index contributed by atoms with van der Waals surface area (Å²) in [7, 11) is 1.37. The molecule has 1 aromatic rings. The number of hydrogen-bond acceptors (Lipinski definition) is 4. The van der Waals surface area contributed by atoms with Crippen LogP contribution in [0.3, 0.4) is 0 Å². The maximum Gasteiger partial charge on any atom is 0.330 e. The number of unbranched alkanes of at least 4 members (excludes halogenated alkanes) is 6. The average molecular weight is 363 g/mol. The highest BCUT2D eigenvalue weighted by molar-refractivity contribution is 5.87. The summed E-state index contributed by atoms with van der Waals surface area (Å²) < 4.78 is 16.4. The number of benzene rings is 1. The maximum atomic E-state index is 11.4. The number of carbonyl (C=O) groups excluding carboxylic acids is 1. The van der Waals surface area contributed by atoms with E-state index >= 15 is 0 Å². The van der Waals surface area contributed by atoms with E-state index in [1.807, 2.05) is 18.2 Å². The predicted molar refractivity (Wildman–Crippen MR) is 107 cm³/mol. The fourth-order valence-corrected chi connectivity index (χ4v) is 2.53. The summed E-state index contributed by atoms with van der Waals surface area (Å²) in [4.78, 5) is 11.4. The number of carbonyl (C=O) groups is 1. The first-order valence-electron chi connectivity index (χ1n) is 9.87. The average Bonchev–Trinajstić information content (AvgIpc) is 2.66. The van der Waals surface area contributed by atoms with Crippen molar-refractivity contribution in [2.24, 2.45) is 0 Å². The smallest absolute Gasteiger partial charge is 0.330 e. The molecule has 0 saturated heterocycles. The molecule has 1 aromatic carbocycles. The molecule has 26 heavy (non-hydrogen) atoms. The molecule has 0 bridgehead atoms. The van der Waals surface area contributed by atoms with Gasteiger partial charge in [0.1, 0.15) is 11.5 Å². The van der Waals surface area contributed by atoms with Crippen LogP contribution < -0.4 is 9.47 Å². The molecule has 4 nitrogen and oxygen atoms in total. The van der Waals surface area contributed by atoms with E-state index in [1.54, 1.807) is 6.08 Å². The number of methoxy groups -OCH3 is 1. The normalized spacial score (nSPS) is 10.9. The minimum atomic E-state index is -0.384. The van der Waals surface area contributed by atoms with E-state index < -0.39 is 0 Å². The van der Waals surface area contributed by atoms with Crippen LogP contribution in [-0.2, 0) is 9.53 Å². The first-order chi connectivity index (χ1) is 12.7. The fraction of sp³-hybridized carbons (Fsp3) is 0.591. The lowest BCUT2D eigenvalue weighted by molar-refractivity contribution is -0.134. The zero-order valence-electron chi connectivity index (χ0n) is 16.6. The molecule has 0 N–H and O–H groups in total. The van der Waals surface area contributed by atoms with E-state index in [0.717, 1.165) is 29.9 Å². The molecule has 0 fully saturated rings. The molecule has 0 spiro atoms. The van der Waals surface area contributed by atoms with Crippen molar-refractivity contribution in [3.05, 3.63) is 29.8 Å². The molecular weight excluding hydrogens is 328 g/mol. The largest absolute Gasteiger partial charge is 0.494 e. The second kappa shape index (κ2) is 14.2. The molecule has 146 valence electrons. The summed E-state index contributed by atoms with van der Waals surface area (Å²) in [6.07, 6.45) is 12.4. The third-order valence-corrected chi connectivity index (χ3v) is 4.10. The third kappa shape index (κ3) is 9.50. The highest BCUT2D eigenvalue weighted by atomic mass is 16.5. The Kier molecular flexibility index (Phi) is 12.1. The van der Waals surface area contributed by atoms with Crippen molar-refractivity contribution in [2.75, 3.05) is 20.3 Å². The van der Waals surface area contributed by atoms with Crippen LogP contribution in [-0.4, -0.2) is 26.3 Å². The highest BCUT2D eigenvalue weighted by Gasteiger charge is 2.05. The molecule has 1 rings (SSSR count). The Hall–Kier alpha value is -1.97. The summed E-state index contributed by atoms with van der Waals surface area (Å²) in [6, 6.07) is 5.76. The van der Waals surface area contributed by atoms with Crippen LogP contribution in [0.15, 0.2) is 24.3 Å². The highest BCUT2D eigenvalue weighted by Crippen LogP contribution is 2.26. The fourth-order valence-electron chi connectivity index (χ4n) is 2.53. The Labute approximate surface area is 158 Å². The molecule has 0 amide bonds. The summed E-state index contributed by atoms with van der Waals surface area (Å²) in [5, 5.41) is 0. The second-order valence-corrected chi connectivity index (χ2v) is 6.37. The number of hydrogen-bond donors (Lipinski definition) is 0. The minimum Gasteiger partial charge on any atom is -0.494 e. The summed E-state index contributed by atoms with van der Waals surface area (Å²) >= 11 is 0. The van der Waals surface area contributed by atoms with Gasteiger partial charge in [0.05, 0.1) is 20.3 Å². The van der Waals surface area contributed by atoms with E-state index in [-0.39, 0.29) is 5.97 Å². The van der Waals surface area contributed by atoms with Gasteiger partial charge in [-0.25, -0.2) is 4.79 Å². The topological polar surface area (TPSA) is 44.8 Å². The van der Waals surface area contributed by atoms with Crippen molar-refractivity contribution < 1.29 is 19.0 Å². The van der Waals surface area contributed by atoms with E-state index in [2.05, 4.69) is 18.6 Å². The molecule has 0 heterocycles. The molecule has 0 unspecified atom stereocenters. The quantitative estimate of drug-likeness (QED) is 0.239. The van der Waals surface area contributed by atoms with E-state index in [1.165, 1.54) is 51.7 Å². The first-order valence-corrected chi connectivity index (χ1v) is 9.87. The van der Waals surface area contributed by atoms with E-state index in [4.69, 9.17) is 9.47 Å². The van der Waals surface area contributed by atoms with E-state index in [9.17, 15) is 4.79 Å². The lowest BCUT2D eigenvalue weighted by Crippen LogP contribution is -2.01. The zero-order chi connectivity index (χ0) is 19.0. The van der Waals surface area contributed by atoms with Gasteiger partial charge >= 0.3 is 5.97 Å². The van der Waals surface area contributed by atoms with Crippen molar-refractivity contribution in [2.45, 2.75) is 65.2 Å².